The molecule has 5 heteroatoms. The second-order valence-electron chi connectivity index (χ2n) is 2.00. The Kier molecular flexibility index (Phi) is 4.69. The lowest BCUT2D eigenvalue weighted by molar-refractivity contribution is -0.137. The molecule has 0 radical (unpaired) electrons. The quantitative estimate of drug-likeness (QED) is 0.645. The van der Waals surface area contributed by atoms with Gasteiger partial charge >= 0.3 is 6.18 Å². The molecule has 74 valence electrons. The minimum atomic E-state index is -4.28. The number of nitrogens with zero attached hydrogens (tertiary/aromatic N) is 1. The van der Waals surface area contributed by atoms with Crippen molar-refractivity contribution in [2.75, 3.05) is 0 Å². The summed E-state index contributed by atoms with van der Waals surface area (Å²) in [6, 6.07) is 0. The standard InChI is InChI=1S/C6H6F3NS.C2H4/c1-2-4-3-11-5(10-4)6(7,8)9;1-2/h3H,2H2,1H3;1-2H2. The predicted octanol–water partition coefficient (Wildman–Crippen LogP) is 3.53. The monoisotopic (exact) mass is 209 g/mol. The van der Waals surface area contributed by atoms with Crippen molar-refractivity contribution in [3.05, 3.63) is 29.2 Å². The second kappa shape index (κ2) is 5.01. The largest absolute Gasteiger partial charge is 0.443 e. The zero-order valence-electron chi connectivity index (χ0n) is 7.19. The van der Waals surface area contributed by atoms with Crippen molar-refractivity contribution in [3.63, 3.8) is 0 Å². The fourth-order valence-electron chi connectivity index (χ4n) is 0.600. The van der Waals surface area contributed by atoms with Crippen LogP contribution in [0.15, 0.2) is 18.5 Å². The number of halogens is 3. The molecule has 0 saturated heterocycles. The molecular weight excluding hydrogens is 199 g/mol. The van der Waals surface area contributed by atoms with E-state index in [0.717, 1.165) is 0 Å². The van der Waals surface area contributed by atoms with Gasteiger partial charge in [-0.05, 0) is 6.42 Å². The number of aromatic nitrogens is 1. The fourth-order valence-corrected chi connectivity index (χ4v) is 1.37. The Morgan fingerprint density at radius 3 is 2.23 bits per heavy atom. The van der Waals surface area contributed by atoms with Crippen LogP contribution in [0.1, 0.15) is 17.6 Å². The predicted molar refractivity (Wildman–Crippen MR) is 47.7 cm³/mol. The van der Waals surface area contributed by atoms with Crippen molar-refractivity contribution in [2.24, 2.45) is 0 Å². The molecule has 0 spiro atoms. The number of hydrogen-bond donors (Lipinski definition) is 0. The average molecular weight is 209 g/mol. The van der Waals surface area contributed by atoms with Gasteiger partial charge in [-0.15, -0.1) is 24.5 Å². The van der Waals surface area contributed by atoms with Crippen LogP contribution in [0, 0.1) is 0 Å². The maximum Gasteiger partial charge on any atom is 0.443 e. The molecule has 0 amide bonds. The zero-order chi connectivity index (χ0) is 10.5. The zero-order valence-corrected chi connectivity index (χ0v) is 8.00. The first-order valence-electron chi connectivity index (χ1n) is 3.55. The Balaban J connectivity index is 0.000000671. The highest BCUT2D eigenvalue weighted by molar-refractivity contribution is 7.09. The minimum absolute atomic E-state index is 0.502. The van der Waals surface area contributed by atoms with Gasteiger partial charge in [-0.1, -0.05) is 6.92 Å². The van der Waals surface area contributed by atoms with E-state index in [9.17, 15) is 13.2 Å². The second-order valence-corrected chi connectivity index (χ2v) is 2.85. The van der Waals surface area contributed by atoms with Crippen LogP contribution < -0.4 is 0 Å². The summed E-state index contributed by atoms with van der Waals surface area (Å²) in [6.45, 7) is 7.77. The fraction of sp³-hybridized carbons (Fsp3) is 0.375. The third-order valence-electron chi connectivity index (χ3n) is 1.16. The summed E-state index contributed by atoms with van der Waals surface area (Å²) >= 11 is 0.645. The van der Waals surface area contributed by atoms with Crippen molar-refractivity contribution in [1.82, 2.24) is 4.98 Å². The summed E-state index contributed by atoms with van der Waals surface area (Å²) in [5, 5.41) is 0.678. The third-order valence-corrected chi connectivity index (χ3v) is 2.09. The van der Waals surface area contributed by atoms with E-state index in [1.165, 1.54) is 5.38 Å². The summed E-state index contributed by atoms with van der Waals surface area (Å²) < 4.78 is 35.7. The van der Waals surface area contributed by atoms with Crippen LogP contribution in [0.4, 0.5) is 13.2 Å². The number of rotatable bonds is 1. The summed E-state index contributed by atoms with van der Waals surface area (Å²) in [5.41, 5.74) is 0.502. The Hall–Kier alpha value is -0.840. The van der Waals surface area contributed by atoms with Crippen molar-refractivity contribution in [2.45, 2.75) is 19.5 Å². The number of aryl methyl sites for hydroxylation is 1. The topological polar surface area (TPSA) is 12.9 Å². The average Bonchev–Trinajstić information content (AvgIpc) is 2.54. The normalized spacial score (nSPS) is 10.5. The van der Waals surface area contributed by atoms with Gasteiger partial charge in [0.25, 0.3) is 0 Å². The molecule has 13 heavy (non-hydrogen) atoms. The van der Waals surface area contributed by atoms with E-state index in [-0.39, 0.29) is 0 Å². The minimum Gasteiger partial charge on any atom is -0.237 e. The molecule has 0 N–H and O–H groups in total. The van der Waals surface area contributed by atoms with Crippen molar-refractivity contribution >= 4 is 11.3 Å². The highest BCUT2D eigenvalue weighted by Crippen LogP contribution is 2.31. The molecule has 0 aliphatic rings. The van der Waals surface area contributed by atoms with Crippen LogP contribution in [-0.4, -0.2) is 4.98 Å². The van der Waals surface area contributed by atoms with Crippen molar-refractivity contribution in [3.8, 4) is 0 Å². The SMILES string of the molecule is C=C.CCc1csc(C(F)(F)F)n1. The summed E-state index contributed by atoms with van der Waals surface area (Å²) in [6.07, 6.45) is -3.73. The maximum absolute atomic E-state index is 11.9. The van der Waals surface area contributed by atoms with Gasteiger partial charge < -0.3 is 0 Å². The molecule has 0 saturated carbocycles. The number of hydrogen-bond acceptors (Lipinski definition) is 2. The van der Waals surface area contributed by atoms with Crippen LogP contribution in [0.3, 0.4) is 0 Å². The molecule has 1 heterocycles. The van der Waals surface area contributed by atoms with Gasteiger partial charge in [0, 0.05) is 5.38 Å². The molecule has 0 aliphatic carbocycles. The highest BCUT2D eigenvalue weighted by atomic mass is 32.1. The Morgan fingerprint density at radius 1 is 1.46 bits per heavy atom. The molecule has 0 bridgehead atoms. The van der Waals surface area contributed by atoms with E-state index >= 15 is 0 Å². The summed E-state index contributed by atoms with van der Waals surface area (Å²) in [5.74, 6) is 0. The third kappa shape index (κ3) is 3.59. The molecule has 1 aromatic rings. The summed E-state index contributed by atoms with van der Waals surface area (Å²) in [4.78, 5) is 3.39. The molecule has 0 aromatic carbocycles. The first-order valence-corrected chi connectivity index (χ1v) is 4.43. The Bertz CT molecular complexity index is 254. The van der Waals surface area contributed by atoms with Gasteiger partial charge in [-0.2, -0.15) is 13.2 Å². The molecule has 0 atom stereocenters. The van der Waals surface area contributed by atoms with Crippen molar-refractivity contribution < 1.29 is 13.2 Å². The molecule has 1 nitrogen and oxygen atoms in total. The van der Waals surface area contributed by atoms with Gasteiger partial charge in [0.05, 0.1) is 5.69 Å². The van der Waals surface area contributed by atoms with E-state index in [4.69, 9.17) is 0 Å². The van der Waals surface area contributed by atoms with Crippen LogP contribution >= 0.6 is 11.3 Å². The van der Waals surface area contributed by atoms with Crippen LogP contribution in [-0.2, 0) is 12.6 Å². The number of thiazole rings is 1. The van der Waals surface area contributed by atoms with Gasteiger partial charge in [0.15, 0.2) is 5.01 Å². The first kappa shape index (κ1) is 12.2. The maximum atomic E-state index is 11.9. The molecule has 1 aromatic heterocycles. The lowest BCUT2D eigenvalue weighted by Gasteiger charge is -1.98. The van der Waals surface area contributed by atoms with Crippen LogP contribution in [0.25, 0.3) is 0 Å². The smallest absolute Gasteiger partial charge is 0.237 e. The molecule has 0 unspecified atom stereocenters. The Morgan fingerprint density at radius 2 is 2.00 bits per heavy atom. The summed E-state index contributed by atoms with van der Waals surface area (Å²) in [7, 11) is 0. The Labute approximate surface area is 78.9 Å². The molecule has 0 aliphatic heterocycles. The molecular formula is C8H10F3NS. The van der Waals surface area contributed by atoms with E-state index in [1.54, 1.807) is 6.92 Å². The molecule has 0 fully saturated rings. The number of alkyl halides is 3. The molecule has 1 rings (SSSR count). The van der Waals surface area contributed by atoms with Gasteiger partial charge in [0.2, 0.25) is 0 Å². The lowest BCUT2D eigenvalue weighted by Crippen LogP contribution is -2.03. The van der Waals surface area contributed by atoms with Gasteiger partial charge in [-0.25, -0.2) is 4.98 Å². The highest BCUT2D eigenvalue weighted by Gasteiger charge is 2.34. The lowest BCUT2D eigenvalue weighted by atomic mass is 10.4. The van der Waals surface area contributed by atoms with Crippen LogP contribution in [0.2, 0.25) is 0 Å². The van der Waals surface area contributed by atoms with Crippen molar-refractivity contribution in [1.29, 1.82) is 0 Å². The van der Waals surface area contributed by atoms with Gasteiger partial charge in [-0.3, -0.25) is 0 Å². The van der Waals surface area contributed by atoms with E-state index in [0.29, 0.717) is 23.5 Å². The van der Waals surface area contributed by atoms with E-state index in [2.05, 4.69) is 18.1 Å². The van der Waals surface area contributed by atoms with E-state index in [1.807, 2.05) is 0 Å². The first-order chi connectivity index (χ1) is 6.04. The van der Waals surface area contributed by atoms with Gasteiger partial charge in [0.1, 0.15) is 0 Å². The van der Waals surface area contributed by atoms with E-state index < -0.39 is 11.2 Å². The van der Waals surface area contributed by atoms with Crippen LogP contribution in [0.5, 0.6) is 0 Å².